The predicted molar refractivity (Wildman–Crippen MR) is 125 cm³/mol. The molecule has 0 radical (unpaired) electrons. The minimum absolute atomic E-state index is 0.0367. The first-order valence-corrected chi connectivity index (χ1v) is 13.1. The topological polar surface area (TPSA) is 98.0 Å². The van der Waals surface area contributed by atoms with Crippen LogP contribution >= 0.6 is 11.3 Å². The second-order valence-electron chi connectivity index (χ2n) is 8.22. The second kappa shape index (κ2) is 9.96. The van der Waals surface area contributed by atoms with Crippen molar-refractivity contribution < 1.29 is 31.5 Å². The maximum Gasteiger partial charge on any atom is 0.325 e. The molecule has 0 N–H and O–H groups in total. The monoisotopic (exact) mass is 523 g/mol. The van der Waals surface area contributed by atoms with E-state index in [9.17, 15) is 26.8 Å². The minimum Gasteiger partial charge on any atom is -0.468 e. The summed E-state index contributed by atoms with van der Waals surface area (Å²) in [5.74, 6) is -3.41. The van der Waals surface area contributed by atoms with E-state index in [0.717, 1.165) is 23.0 Å². The van der Waals surface area contributed by atoms with Crippen LogP contribution in [-0.4, -0.2) is 49.4 Å². The number of halogens is 2. The number of thiazole rings is 1. The van der Waals surface area contributed by atoms with Crippen molar-refractivity contribution in [1.29, 1.82) is 0 Å². The van der Waals surface area contributed by atoms with Crippen molar-refractivity contribution in [3.63, 3.8) is 0 Å². The number of amides is 1. The van der Waals surface area contributed by atoms with Crippen molar-refractivity contribution in [2.45, 2.75) is 31.2 Å². The molecular weight excluding hydrogens is 500 g/mol. The first-order chi connectivity index (χ1) is 16.6. The van der Waals surface area contributed by atoms with Crippen LogP contribution in [-0.2, 0) is 30.9 Å². The van der Waals surface area contributed by atoms with E-state index in [4.69, 9.17) is 0 Å². The van der Waals surface area contributed by atoms with Gasteiger partial charge in [-0.3, -0.25) is 9.59 Å². The van der Waals surface area contributed by atoms with Crippen LogP contribution in [0.3, 0.4) is 0 Å². The average molecular weight is 524 g/mol. The molecule has 4 rings (SSSR count). The zero-order chi connectivity index (χ0) is 25.3. The van der Waals surface area contributed by atoms with Crippen LogP contribution in [0.1, 0.15) is 18.4 Å². The first-order valence-electron chi connectivity index (χ1n) is 10.8. The molecule has 1 aromatic heterocycles. The minimum atomic E-state index is -3.68. The van der Waals surface area contributed by atoms with Gasteiger partial charge in [-0.05, 0) is 38.0 Å². The Labute approximate surface area is 204 Å². The van der Waals surface area contributed by atoms with E-state index < -0.39 is 46.0 Å². The summed E-state index contributed by atoms with van der Waals surface area (Å²) in [5, 5.41) is 0. The van der Waals surface area contributed by atoms with Crippen molar-refractivity contribution in [2.24, 2.45) is 10.9 Å². The Kier molecular flexibility index (Phi) is 7.15. The molecular formula is C23H23F2N3O5S2. The molecule has 8 nitrogen and oxygen atoms in total. The van der Waals surface area contributed by atoms with Crippen LogP contribution in [0.15, 0.2) is 46.3 Å². The highest BCUT2D eigenvalue weighted by Gasteiger charge is 2.32. The molecule has 0 bridgehead atoms. The summed E-state index contributed by atoms with van der Waals surface area (Å²) < 4.78 is 61.4. The number of hydrogen-bond donors (Lipinski definition) is 0. The Hall–Kier alpha value is -2.96. The molecule has 2 aromatic carbocycles. The summed E-state index contributed by atoms with van der Waals surface area (Å²) in [4.78, 5) is 29.2. The van der Waals surface area contributed by atoms with E-state index in [1.54, 1.807) is 24.3 Å². The van der Waals surface area contributed by atoms with Crippen molar-refractivity contribution >= 4 is 43.5 Å². The lowest BCUT2D eigenvalue weighted by molar-refractivity contribution is -0.141. The molecule has 0 unspecified atom stereocenters. The summed E-state index contributed by atoms with van der Waals surface area (Å²) >= 11 is 0.882. The molecule has 0 atom stereocenters. The lowest BCUT2D eigenvalue weighted by atomic mass is 9.98. The number of ether oxygens (including phenoxy) is 1. The Morgan fingerprint density at radius 2 is 1.80 bits per heavy atom. The van der Waals surface area contributed by atoms with Gasteiger partial charge < -0.3 is 9.30 Å². The number of hydrogen-bond acceptors (Lipinski definition) is 6. The summed E-state index contributed by atoms with van der Waals surface area (Å²) in [5.41, 5.74) is 0.899. The first kappa shape index (κ1) is 25.1. The zero-order valence-corrected chi connectivity index (χ0v) is 20.7. The summed E-state index contributed by atoms with van der Waals surface area (Å²) in [6, 6.07) is 8.37. The number of rotatable bonds is 5. The third-order valence-corrected chi connectivity index (χ3v) is 8.82. The fourth-order valence-corrected chi connectivity index (χ4v) is 6.49. The molecule has 1 amide bonds. The SMILES string of the molecule is COC(=O)Cn1c(=NC(=O)C2CCN(S(=O)(=O)c3ccc(C)cc3)CC2)sc2cc(F)cc(F)c21. The van der Waals surface area contributed by atoms with Gasteiger partial charge in [0.05, 0.1) is 22.2 Å². The average Bonchev–Trinajstić information content (AvgIpc) is 3.15. The summed E-state index contributed by atoms with van der Waals surface area (Å²) in [6.45, 7) is 1.76. The molecule has 0 aliphatic carbocycles. The number of carbonyl (C=O) groups excluding carboxylic acids is 2. The van der Waals surface area contributed by atoms with Gasteiger partial charge in [0.1, 0.15) is 12.4 Å². The molecule has 2 heterocycles. The highest BCUT2D eigenvalue weighted by Crippen LogP contribution is 2.26. The number of aromatic nitrogens is 1. The number of fused-ring (bicyclic) bond motifs is 1. The molecule has 3 aromatic rings. The number of nitrogens with zero attached hydrogens (tertiary/aromatic N) is 3. The Morgan fingerprint density at radius 1 is 1.14 bits per heavy atom. The number of benzene rings is 2. The van der Waals surface area contributed by atoms with Gasteiger partial charge in [0, 0.05) is 25.1 Å². The Balaban J connectivity index is 1.58. The standard InChI is InChI=1S/C23H23F2N3O5S2/c1-14-3-5-17(6-4-14)35(31,32)27-9-7-15(8-10-27)22(30)26-23-28(13-20(29)33-2)21-18(25)11-16(24)12-19(21)34-23/h3-6,11-12,15H,7-10,13H2,1-2H3. The molecule has 1 aliphatic rings. The number of esters is 1. The van der Waals surface area contributed by atoms with Crippen LogP contribution in [0.4, 0.5) is 8.78 Å². The van der Waals surface area contributed by atoms with Crippen LogP contribution in [0.2, 0.25) is 0 Å². The lowest BCUT2D eigenvalue weighted by Gasteiger charge is -2.29. The second-order valence-corrected chi connectivity index (χ2v) is 11.2. The normalized spacial score (nSPS) is 16.1. The zero-order valence-electron chi connectivity index (χ0n) is 19.0. The fraction of sp³-hybridized carbons (Fsp3) is 0.348. The number of carbonyl (C=O) groups is 2. The van der Waals surface area contributed by atoms with Gasteiger partial charge in [0.25, 0.3) is 5.91 Å². The van der Waals surface area contributed by atoms with Gasteiger partial charge in [0.2, 0.25) is 10.0 Å². The quantitative estimate of drug-likeness (QED) is 0.479. The van der Waals surface area contributed by atoms with E-state index in [2.05, 4.69) is 9.73 Å². The molecule has 12 heteroatoms. The van der Waals surface area contributed by atoms with Gasteiger partial charge in [-0.25, -0.2) is 17.2 Å². The Morgan fingerprint density at radius 3 is 2.43 bits per heavy atom. The number of methoxy groups -OCH3 is 1. The van der Waals surface area contributed by atoms with Crippen molar-refractivity contribution in [3.05, 3.63) is 58.4 Å². The Bertz CT molecular complexity index is 1450. The number of aryl methyl sites for hydroxylation is 1. The number of sulfonamides is 1. The van der Waals surface area contributed by atoms with E-state index in [-0.39, 0.29) is 45.8 Å². The van der Waals surface area contributed by atoms with Gasteiger partial charge in [0.15, 0.2) is 10.6 Å². The van der Waals surface area contributed by atoms with E-state index in [1.165, 1.54) is 16.0 Å². The molecule has 0 spiro atoms. The largest absolute Gasteiger partial charge is 0.468 e. The highest BCUT2D eigenvalue weighted by atomic mass is 32.2. The predicted octanol–water partition coefficient (Wildman–Crippen LogP) is 2.99. The van der Waals surface area contributed by atoms with Crippen LogP contribution in [0, 0.1) is 24.5 Å². The van der Waals surface area contributed by atoms with Crippen molar-refractivity contribution in [1.82, 2.24) is 8.87 Å². The molecule has 1 fully saturated rings. The molecule has 35 heavy (non-hydrogen) atoms. The van der Waals surface area contributed by atoms with E-state index >= 15 is 0 Å². The van der Waals surface area contributed by atoms with Crippen LogP contribution in [0.25, 0.3) is 10.2 Å². The molecule has 1 saturated heterocycles. The fourth-order valence-electron chi connectivity index (χ4n) is 3.94. The van der Waals surface area contributed by atoms with Crippen molar-refractivity contribution in [3.8, 4) is 0 Å². The van der Waals surface area contributed by atoms with Gasteiger partial charge in [-0.15, -0.1) is 0 Å². The van der Waals surface area contributed by atoms with Crippen LogP contribution in [0.5, 0.6) is 0 Å². The maximum atomic E-state index is 14.5. The third kappa shape index (κ3) is 5.19. The van der Waals surface area contributed by atoms with Gasteiger partial charge >= 0.3 is 5.97 Å². The lowest BCUT2D eigenvalue weighted by Crippen LogP contribution is -2.40. The smallest absolute Gasteiger partial charge is 0.325 e. The summed E-state index contributed by atoms with van der Waals surface area (Å²) in [7, 11) is -2.50. The third-order valence-electron chi connectivity index (χ3n) is 5.88. The molecule has 0 saturated carbocycles. The maximum absolute atomic E-state index is 14.5. The summed E-state index contributed by atoms with van der Waals surface area (Å²) in [6.07, 6.45) is 0.524. The van der Waals surface area contributed by atoms with Crippen molar-refractivity contribution in [2.75, 3.05) is 20.2 Å². The highest BCUT2D eigenvalue weighted by molar-refractivity contribution is 7.89. The van der Waals surface area contributed by atoms with Gasteiger partial charge in [-0.1, -0.05) is 29.0 Å². The molecule has 1 aliphatic heterocycles. The van der Waals surface area contributed by atoms with E-state index in [0.29, 0.717) is 6.07 Å². The number of piperidine rings is 1. The van der Waals surface area contributed by atoms with E-state index in [1.807, 2.05) is 6.92 Å². The molecule has 186 valence electrons. The van der Waals surface area contributed by atoms with Crippen LogP contribution < -0.4 is 4.80 Å². The van der Waals surface area contributed by atoms with Gasteiger partial charge in [-0.2, -0.15) is 9.30 Å².